The highest BCUT2D eigenvalue weighted by Crippen LogP contribution is 2.35. The summed E-state index contributed by atoms with van der Waals surface area (Å²) in [5, 5.41) is 3.52. The van der Waals surface area contributed by atoms with Crippen LogP contribution in [0, 0.1) is 5.92 Å². The summed E-state index contributed by atoms with van der Waals surface area (Å²) < 4.78 is 40.0. The highest BCUT2D eigenvalue weighted by atomic mass is 19.4. The Morgan fingerprint density at radius 2 is 1.75 bits per heavy atom. The van der Waals surface area contributed by atoms with Gasteiger partial charge in [-0.1, -0.05) is 38.1 Å². The van der Waals surface area contributed by atoms with Crippen molar-refractivity contribution in [2.75, 3.05) is 0 Å². The molecule has 0 saturated carbocycles. The molecule has 20 heavy (non-hydrogen) atoms. The Kier molecular flexibility index (Phi) is 3.88. The molecule has 2 nitrogen and oxygen atoms in total. The Morgan fingerprint density at radius 3 is 2.25 bits per heavy atom. The highest BCUT2D eigenvalue weighted by Gasteiger charge is 2.37. The summed E-state index contributed by atoms with van der Waals surface area (Å²) in [5.74, 6) is 0.518. The van der Waals surface area contributed by atoms with Gasteiger partial charge in [-0.25, -0.2) is 0 Å². The first-order valence-electron chi connectivity index (χ1n) is 6.47. The molecule has 0 aliphatic heterocycles. The quantitative estimate of drug-likeness (QED) is 0.820. The van der Waals surface area contributed by atoms with E-state index in [1.165, 1.54) is 17.9 Å². The number of aryl methyl sites for hydroxylation is 1. The van der Waals surface area contributed by atoms with E-state index in [1.54, 1.807) is 12.1 Å². The third kappa shape index (κ3) is 3.21. The van der Waals surface area contributed by atoms with E-state index in [0.29, 0.717) is 11.5 Å². The third-order valence-electron chi connectivity index (χ3n) is 3.01. The second-order valence-corrected chi connectivity index (χ2v) is 5.36. The maximum Gasteiger partial charge on any atom is 0.435 e. The van der Waals surface area contributed by atoms with Crippen molar-refractivity contribution >= 4 is 0 Å². The molecule has 0 bridgehead atoms. The number of alkyl halides is 3. The molecule has 0 atom stereocenters. The molecule has 0 aliphatic carbocycles. The molecule has 0 unspecified atom stereocenters. The van der Waals surface area contributed by atoms with E-state index < -0.39 is 11.9 Å². The minimum atomic E-state index is -4.44. The van der Waals surface area contributed by atoms with Crippen molar-refractivity contribution in [2.45, 2.75) is 26.4 Å². The van der Waals surface area contributed by atoms with Gasteiger partial charge in [-0.2, -0.15) is 18.3 Å². The fourth-order valence-electron chi connectivity index (χ4n) is 2.20. The van der Waals surface area contributed by atoms with Gasteiger partial charge in [0.25, 0.3) is 0 Å². The minimum absolute atomic E-state index is 0.121. The number of nitrogens with zero attached hydrogens (tertiary/aromatic N) is 2. The van der Waals surface area contributed by atoms with Crippen molar-refractivity contribution in [3.63, 3.8) is 0 Å². The Morgan fingerprint density at radius 1 is 1.15 bits per heavy atom. The number of aromatic nitrogens is 2. The van der Waals surface area contributed by atoms with Gasteiger partial charge in [0.1, 0.15) is 0 Å². The molecule has 0 radical (unpaired) electrons. The van der Waals surface area contributed by atoms with E-state index >= 15 is 0 Å². The molecule has 2 rings (SSSR count). The molecular weight excluding hydrogens is 265 g/mol. The van der Waals surface area contributed by atoms with Gasteiger partial charge in [0, 0.05) is 18.8 Å². The fraction of sp³-hybridized carbons (Fsp3) is 0.400. The van der Waals surface area contributed by atoms with Crippen LogP contribution >= 0.6 is 0 Å². The zero-order valence-electron chi connectivity index (χ0n) is 11.7. The van der Waals surface area contributed by atoms with Crippen LogP contribution in [-0.4, -0.2) is 9.78 Å². The molecule has 5 heteroatoms. The lowest BCUT2D eigenvalue weighted by atomic mass is 9.99. The first-order chi connectivity index (χ1) is 9.27. The average molecular weight is 282 g/mol. The summed E-state index contributed by atoms with van der Waals surface area (Å²) in [5.41, 5.74) is 0.951. The fourth-order valence-corrected chi connectivity index (χ4v) is 2.20. The lowest BCUT2D eigenvalue weighted by molar-refractivity contribution is -0.140. The first kappa shape index (κ1) is 14.6. The van der Waals surface area contributed by atoms with Crippen LogP contribution in [0.15, 0.2) is 30.5 Å². The van der Waals surface area contributed by atoms with Gasteiger partial charge in [-0.3, -0.25) is 4.68 Å². The number of hydrogen-bond acceptors (Lipinski definition) is 1. The SMILES string of the molecule is CC(C)Cc1ccc(-c2cn(C)nc2C(F)(F)F)cc1. The summed E-state index contributed by atoms with van der Waals surface area (Å²) in [6, 6.07) is 7.21. The second-order valence-electron chi connectivity index (χ2n) is 5.36. The summed E-state index contributed by atoms with van der Waals surface area (Å²) in [7, 11) is 1.49. The summed E-state index contributed by atoms with van der Waals surface area (Å²) in [4.78, 5) is 0. The summed E-state index contributed by atoms with van der Waals surface area (Å²) in [6.07, 6.45) is -2.12. The molecule has 1 heterocycles. The zero-order valence-corrected chi connectivity index (χ0v) is 11.7. The molecule has 0 amide bonds. The van der Waals surface area contributed by atoms with Crippen LogP contribution in [0.3, 0.4) is 0 Å². The molecule has 0 aliphatic rings. The third-order valence-corrected chi connectivity index (χ3v) is 3.01. The molecule has 0 fully saturated rings. The van der Waals surface area contributed by atoms with Crippen LogP contribution in [-0.2, 0) is 19.6 Å². The van der Waals surface area contributed by atoms with Crippen LogP contribution in [0.5, 0.6) is 0 Å². The largest absolute Gasteiger partial charge is 0.435 e. The molecule has 0 saturated heterocycles. The van der Waals surface area contributed by atoms with Crippen molar-refractivity contribution in [3.05, 3.63) is 41.7 Å². The molecule has 0 spiro atoms. The molecule has 1 aromatic heterocycles. The van der Waals surface area contributed by atoms with Crippen LogP contribution < -0.4 is 0 Å². The number of benzene rings is 1. The van der Waals surface area contributed by atoms with Gasteiger partial charge in [0.2, 0.25) is 0 Å². The lowest BCUT2D eigenvalue weighted by Crippen LogP contribution is -2.08. The van der Waals surface area contributed by atoms with E-state index in [0.717, 1.165) is 12.0 Å². The van der Waals surface area contributed by atoms with E-state index in [1.807, 2.05) is 12.1 Å². The topological polar surface area (TPSA) is 17.8 Å². The monoisotopic (exact) mass is 282 g/mol. The van der Waals surface area contributed by atoms with E-state index in [4.69, 9.17) is 0 Å². The van der Waals surface area contributed by atoms with Gasteiger partial charge in [0.05, 0.1) is 0 Å². The normalized spacial score (nSPS) is 12.2. The number of halogens is 3. The molecule has 2 aromatic rings. The van der Waals surface area contributed by atoms with Crippen LogP contribution in [0.4, 0.5) is 13.2 Å². The van der Waals surface area contributed by atoms with Gasteiger partial charge in [-0.05, 0) is 23.5 Å². The smallest absolute Gasteiger partial charge is 0.275 e. The summed E-state index contributed by atoms with van der Waals surface area (Å²) >= 11 is 0. The first-order valence-corrected chi connectivity index (χ1v) is 6.47. The van der Waals surface area contributed by atoms with Crippen molar-refractivity contribution in [2.24, 2.45) is 13.0 Å². The Hall–Kier alpha value is -1.78. The maximum absolute atomic E-state index is 12.9. The molecule has 1 aromatic carbocycles. The average Bonchev–Trinajstić information content (AvgIpc) is 2.71. The van der Waals surface area contributed by atoms with Crippen LogP contribution in [0.1, 0.15) is 25.1 Å². The van der Waals surface area contributed by atoms with Crippen LogP contribution in [0.2, 0.25) is 0 Å². The Labute approximate surface area is 116 Å². The van der Waals surface area contributed by atoms with Crippen molar-refractivity contribution in [1.82, 2.24) is 9.78 Å². The standard InChI is InChI=1S/C15H17F3N2/c1-10(2)8-11-4-6-12(7-5-11)13-9-20(3)19-14(13)15(16,17)18/h4-7,9-10H,8H2,1-3H3. The Balaban J connectivity index is 2.37. The Bertz CT molecular complexity index is 580. The van der Waals surface area contributed by atoms with Crippen LogP contribution in [0.25, 0.3) is 11.1 Å². The van der Waals surface area contributed by atoms with Gasteiger partial charge in [-0.15, -0.1) is 0 Å². The van der Waals surface area contributed by atoms with E-state index in [-0.39, 0.29) is 5.56 Å². The van der Waals surface area contributed by atoms with E-state index in [9.17, 15) is 13.2 Å². The zero-order chi connectivity index (χ0) is 14.9. The lowest BCUT2D eigenvalue weighted by Gasteiger charge is -2.08. The second kappa shape index (κ2) is 5.31. The number of rotatable bonds is 3. The maximum atomic E-state index is 12.9. The van der Waals surface area contributed by atoms with Crippen molar-refractivity contribution in [1.29, 1.82) is 0 Å². The molecular formula is C15H17F3N2. The minimum Gasteiger partial charge on any atom is -0.275 e. The number of hydrogen-bond donors (Lipinski definition) is 0. The van der Waals surface area contributed by atoms with Gasteiger partial charge in [0.15, 0.2) is 5.69 Å². The molecule has 0 N–H and O–H groups in total. The predicted molar refractivity (Wildman–Crippen MR) is 72.2 cm³/mol. The van der Waals surface area contributed by atoms with E-state index in [2.05, 4.69) is 18.9 Å². The molecule has 108 valence electrons. The van der Waals surface area contributed by atoms with Gasteiger partial charge < -0.3 is 0 Å². The predicted octanol–water partition coefficient (Wildman–Crippen LogP) is 4.30. The van der Waals surface area contributed by atoms with Crippen molar-refractivity contribution < 1.29 is 13.2 Å². The summed E-state index contributed by atoms with van der Waals surface area (Å²) in [6.45, 7) is 4.22. The highest BCUT2D eigenvalue weighted by molar-refractivity contribution is 5.66. The van der Waals surface area contributed by atoms with Crippen molar-refractivity contribution in [3.8, 4) is 11.1 Å². The van der Waals surface area contributed by atoms with Gasteiger partial charge >= 0.3 is 6.18 Å².